The minimum Gasteiger partial charge on any atom is -0.355 e. The molecule has 0 fully saturated rings. The van der Waals surface area contributed by atoms with Gasteiger partial charge in [-0.05, 0) is 18.4 Å². The summed E-state index contributed by atoms with van der Waals surface area (Å²) in [6.45, 7) is 1.69. The van der Waals surface area contributed by atoms with Crippen molar-refractivity contribution < 1.29 is 9.47 Å². The number of rotatable bonds is 9. The Hall–Kier alpha value is -0.640. The fraction of sp³-hybridized carbons (Fsp3) is 0.429. The van der Waals surface area contributed by atoms with Crippen LogP contribution >= 0.6 is 15.9 Å². The zero-order valence-corrected chi connectivity index (χ0v) is 11.6. The lowest BCUT2D eigenvalue weighted by atomic mass is 10.2. The molecule has 1 rings (SSSR count). The topological polar surface area (TPSA) is 18.5 Å². The van der Waals surface area contributed by atoms with E-state index in [2.05, 4.69) is 28.1 Å². The molecule has 0 bridgehead atoms. The van der Waals surface area contributed by atoms with Crippen molar-refractivity contribution in [3.8, 4) is 0 Å². The second kappa shape index (κ2) is 10.5. The largest absolute Gasteiger partial charge is 0.355 e. The Morgan fingerprint density at radius 2 is 1.76 bits per heavy atom. The monoisotopic (exact) mass is 298 g/mol. The van der Waals surface area contributed by atoms with E-state index >= 15 is 0 Å². The zero-order chi connectivity index (χ0) is 12.2. The first-order valence-electron chi connectivity index (χ1n) is 5.84. The normalized spacial score (nSPS) is 11.1. The van der Waals surface area contributed by atoms with Gasteiger partial charge in [0.05, 0.1) is 13.2 Å². The molecular formula is C14H19BrO2. The van der Waals surface area contributed by atoms with E-state index in [1.165, 1.54) is 5.56 Å². The zero-order valence-electron chi connectivity index (χ0n) is 9.98. The predicted molar refractivity (Wildman–Crippen MR) is 74.2 cm³/mol. The van der Waals surface area contributed by atoms with Gasteiger partial charge in [0.2, 0.25) is 0 Å². The van der Waals surface area contributed by atoms with Gasteiger partial charge in [-0.3, -0.25) is 0 Å². The Morgan fingerprint density at radius 1 is 1.00 bits per heavy atom. The molecule has 1 aromatic carbocycles. The third-order valence-corrected chi connectivity index (χ3v) is 2.61. The molecule has 0 amide bonds. The van der Waals surface area contributed by atoms with Gasteiger partial charge in [-0.1, -0.05) is 58.4 Å². The van der Waals surface area contributed by atoms with Gasteiger partial charge < -0.3 is 9.47 Å². The molecule has 0 atom stereocenters. The maximum Gasteiger partial charge on any atom is 0.147 e. The van der Waals surface area contributed by atoms with Gasteiger partial charge in [0.15, 0.2) is 0 Å². The highest BCUT2D eigenvalue weighted by Crippen LogP contribution is 2.00. The Morgan fingerprint density at radius 3 is 2.53 bits per heavy atom. The first kappa shape index (κ1) is 14.4. The Balaban J connectivity index is 1.91. The highest BCUT2D eigenvalue weighted by Gasteiger charge is 1.91. The molecule has 0 heterocycles. The van der Waals surface area contributed by atoms with Crippen LogP contribution in [0.5, 0.6) is 0 Å². The Labute approximate surface area is 112 Å². The van der Waals surface area contributed by atoms with Crippen molar-refractivity contribution in [1.29, 1.82) is 0 Å². The quantitative estimate of drug-likeness (QED) is 0.298. The van der Waals surface area contributed by atoms with E-state index in [-0.39, 0.29) is 0 Å². The van der Waals surface area contributed by atoms with Crippen molar-refractivity contribution in [2.45, 2.75) is 19.4 Å². The fourth-order valence-electron chi connectivity index (χ4n) is 1.30. The third kappa shape index (κ3) is 8.13. The fourth-order valence-corrected chi connectivity index (χ4v) is 1.57. The van der Waals surface area contributed by atoms with Crippen LogP contribution in [0.3, 0.4) is 0 Å². The highest BCUT2D eigenvalue weighted by molar-refractivity contribution is 9.09. The summed E-state index contributed by atoms with van der Waals surface area (Å²) in [5, 5.41) is 1.02. The minimum atomic E-state index is 0.362. The van der Waals surface area contributed by atoms with Gasteiger partial charge in [0.1, 0.15) is 6.79 Å². The summed E-state index contributed by atoms with van der Waals surface area (Å²) in [4.78, 5) is 0. The molecule has 17 heavy (non-hydrogen) atoms. The van der Waals surface area contributed by atoms with Gasteiger partial charge >= 0.3 is 0 Å². The SMILES string of the molecule is BrCCC=CCCOCOCc1ccccc1. The first-order valence-corrected chi connectivity index (χ1v) is 6.96. The number of halogens is 1. The molecule has 0 unspecified atom stereocenters. The van der Waals surface area contributed by atoms with Gasteiger partial charge in [0.25, 0.3) is 0 Å². The number of alkyl halides is 1. The van der Waals surface area contributed by atoms with E-state index in [1.54, 1.807) is 0 Å². The van der Waals surface area contributed by atoms with Crippen LogP contribution < -0.4 is 0 Å². The molecule has 0 saturated carbocycles. The number of hydrogen-bond acceptors (Lipinski definition) is 2. The lowest BCUT2D eigenvalue weighted by Gasteiger charge is -2.04. The second-order valence-electron chi connectivity index (χ2n) is 3.60. The van der Waals surface area contributed by atoms with Crippen molar-refractivity contribution in [3.05, 3.63) is 48.0 Å². The molecule has 94 valence electrons. The number of ether oxygens (including phenoxy) is 2. The molecule has 0 aliphatic carbocycles. The van der Waals surface area contributed by atoms with Crippen LogP contribution in [-0.4, -0.2) is 18.7 Å². The molecule has 1 aromatic rings. The number of allylic oxidation sites excluding steroid dienone is 1. The molecule has 3 heteroatoms. The molecule has 0 radical (unpaired) electrons. The molecule has 0 aromatic heterocycles. The maximum atomic E-state index is 5.39. The van der Waals surface area contributed by atoms with Crippen molar-refractivity contribution in [2.75, 3.05) is 18.7 Å². The molecule has 0 aliphatic heterocycles. The van der Waals surface area contributed by atoms with Crippen molar-refractivity contribution in [1.82, 2.24) is 0 Å². The van der Waals surface area contributed by atoms with Gasteiger partial charge in [-0.15, -0.1) is 0 Å². The van der Waals surface area contributed by atoms with Crippen molar-refractivity contribution in [3.63, 3.8) is 0 Å². The highest BCUT2D eigenvalue weighted by atomic mass is 79.9. The summed E-state index contributed by atoms with van der Waals surface area (Å²) >= 11 is 3.37. The first-order chi connectivity index (χ1) is 8.43. The summed E-state index contributed by atoms with van der Waals surface area (Å²) in [5.41, 5.74) is 1.17. The Bertz CT molecular complexity index is 298. The van der Waals surface area contributed by atoms with Crippen LogP contribution in [0.1, 0.15) is 18.4 Å². The summed E-state index contributed by atoms with van der Waals surface area (Å²) in [7, 11) is 0. The average Bonchev–Trinajstić information content (AvgIpc) is 2.38. The van der Waals surface area contributed by atoms with Crippen LogP contribution in [0.25, 0.3) is 0 Å². The van der Waals surface area contributed by atoms with Gasteiger partial charge in [-0.25, -0.2) is 0 Å². The smallest absolute Gasteiger partial charge is 0.147 e. The molecule has 2 nitrogen and oxygen atoms in total. The lowest BCUT2D eigenvalue weighted by molar-refractivity contribution is -0.0600. The van der Waals surface area contributed by atoms with Crippen molar-refractivity contribution in [2.24, 2.45) is 0 Å². The molecule has 0 aliphatic rings. The molecule has 0 saturated heterocycles. The maximum absolute atomic E-state index is 5.39. The van der Waals surface area contributed by atoms with Gasteiger partial charge in [-0.2, -0.15) is 0 Å². The molecule has 0 N–H and O–H groups in total. The minimum absolute atomic E-state index is 0.362. The third-order valence-electron chi connectivity index (χ3n) is 2.15. The molecular weight excluding hydrogens is 280 g/mol. The van der Waals surface area contributed by atoms with Gasteiger partial charge in [0, 0.05) is 5.33 Å². The second-order valence-corrected chi connectivity index (χ2v) is 4.39. The van der Waals surface area contributed by atoms with E-state index < -0.39 is 0 Å². The number of hydrogen-bond donors (Lipinski definition) is 0. The van der Waals surface area contributed by atoms with E-state index in [1.807, 2.05) is 30.3 Å². The van der Waals surface area contributed by atoms with Crippen LogP contribution in [0.15, 0.2) is 42.5 Å². The van der Waals surface area contributed by atoms with E-state index in [0.29, 0.717) is 20.0 Å². The van der Waals surface area contributed by atoms with Crippen LogP contribution in [0.4, 0.5) is 0 Å². The average molecular weight is 299 g/mol. The lowest BCUT2D eigenvalue weighted by Crippen LogP contribution is -2.01. The van der Waals surface area contributed by atoms with E-state index in [4.69, 9.17) is 9.47 Å². The summed E-state index contributed by atoms with van der Waals surface area (Å²) < 4.78 is 10.7. The van der Waals surface area contributed by atoms with E-state index in [0.717, 1.165) is 18.2 Å². The summed E-state index contributed by atoms with van der Waals surface area (Å²) in [5.74, 6) is 0. The predicted octanol–water partition coefficient (Wildman–Crippen LogP) is 3.91. The standard InChI is InChI=1S/C14H19BrO2/c15-10-6-1-2-7-11-16-13-17-12-14-8-4-3-5-9-14/h1-5,8-9H,6-7,10-13H2. The van der Waals surface area contributed by atoms with Crippen LogP contribution in [-0.2, 0) is 16.1 Å². The molecule has 0 spiro atoms. The summed E-state index contributed by atoms with van der Waals surface area (Å²) in [6, 6.07) is 10.1. The van der Waals surface area contributed by atoms with E-state index in [9.17, 15) is 0 Å². The van der Waals surface area contributed by atoms with Crippen LogP contribution in [0, 0.1) is 0 Å². The summed E-state index contributed by atoms with van der Waals surface area (Å²) in [6.07, 6.45) is 6.31. The Kier molecular flexibility index (Phi) is 8.92. The van der Waals surface area contributed by atoms with Crippen molar-refractivity contribution >= 4 is 15.9 Å². The number of benzene rings is 1. The van der Waals surface area contributed by atoms with Crippen LogP contribution in [0.2, 0.25) is 0 Å².